The number of hydroxylamine groups is 1. The number of benzene rings is 4. The molecule has 2 aliphatic carbocycles. The molecule has 0 amide bonds. The number of carbonyl (C=O) groups excluding carboxylic acids is 4. The van der Waals surface area contributed by atoms with Crippen LogP contribution in [-0.4, -0.2) is 92.7 Å². The van der Waals surface area contributed by atoms with Gasteiger partial charge in [0.1, 0.15) is 29.5 Å². The van der Waals surface area contributed by atoms with E-state index in [1.165, 1.54) is 25.3 Å². The number of carbonyl (C=O) groups is 4. The van der Waals surface area contributed by atoms with Crippen LogP contribution in [0.15, 0.2) is 60.7 Å². The molecule has 6 atom stereocenters. The third-order valence-corrected chi connectivity index (χ3v) is 10.3. The largest absolute Gasteiger partial charge is 0.507 e. The molecule has 1 saturated heterocycles. The van der Waals surface area contributed by atoms with Crippen LogP contribution in [0.5, 0.6) is 17.2 Å². The fourth-order valence-electron chi connectivity index (χ4n) is 7.61. The standard InChI is InChI=1S/C39H37NO13/c1-18-34(44)24(40-53-28(43)13-20-9-5-8-19-7-3-4-10-21(19)20)14-29(51-18)52-26-16-39(49,27(42)17-41)15-23-31(26)38(48)33-32(36(23)46)35(45)22-11-6-12-25(50-2)30(22)37(33)47/h3-12,18,24,26,29,34,40-41,44,46,48-49H,13-17H2,1-2H3/t18?,24?,26-,29?,34?,39-/m0/s1. The molecule has 6 N–H and O–H groups in total. The van der Waals surface area contributed by atoms with Crippen LogP contribution in [0, 0.1) is 0 Å². The predicted molar refractivity (Wildman–Crippen MR) is 184 cm³/mol. The Morgan fingerprint density at radius 1 is 0.962 bits per heavy atom. The van der Waals surface area contributed by atoms with Gasteiger partial charge < -0.3 is 44.6 Å². The third kappa shape index (κ3) is 6.22. The van der Waals surface area contributed by atoms with Crippen molar-refractivity contribution in [1.29, 1.82) is 0 Å². The Kier molecular flexibility index (Phi) is 9.53. The minimum absolute atomic E-state index is 0.0653. The van der Waals surface area contributed by atoms with Gasteiger partial charge in [0.05, 0.1) is 54.6 Å². The van der Waals surface area contributed by atoms with Crippen LogP contribution in [0.25, 0.3) is 10.8 Å². The fourth-order valence-corrected chi connectivity index (χ4v) is 7.61. The van der Waals surface area contributed by atoms with E-state index in [0.717, 1.165) is 16.3 Å². The number of rotatable bonds is 9. The van der Waals surface area contributed by atoms with Crippen molar-refractivity contribution in [3.05, 3.63) is 99.6 Å². The van der Waals surface area contributed by atoms with E-state index in [1.54, 1.807) is 6.92 Å². The zero-order chi connectivity index (χ0) is 37.8. The van der Waals surface area contributed by atoms with Gasteiger partial charge >= 0.3 is 5.97 Å². The lowest BCUT2D eigenvalue weighted by Gasteiger charge is -2.42. The van der Waals surface area contributed by atoms with E-state index >= 15 is 0 Å². The molecular weight excluding hydrogens is 690 g/mol. The van der Waals surface area contributed by atoms with Gasteiger partial charge in [0.15, 0.2) is 17.9 Å². The van der Waals surface area contributed by atoms with Gasteiger partial charge in [-0.3, -0.25) is 19.2 Å². The summed E-state index contributed by atoms with van der Waals surface area (Å²) in [4.78, 5) is 58.9. The molecule has 1 fully saturated rings. The summed E-state index contributed by atoms with van der Waals surface area (Å²) in [6.45, 7) is 0.474. The molecule has 1 aliphatic heterocycles. The first kappa shape index (κ1) is 36.2. The Balaban J connectivity index is 1.18. The summed E-state index contributed by atoms with van der Waals surface area (Å²) in [6, 6.07) is 16.5. The Labute approximate surface area is 302 Å². The van der Waals surface area contributed by atoms with Gasteiger partial charge in [0.25, 0.3) is 0 Å². The zero-order valence-electron chi connectivity index (χ0n) is 28.7. The van der Waals surface area contributed by atoms with Gasteiger partial charge in [-0.05, 0) is 29.3 Å². The predicted octanol–water partition coefficient (Wildman–Crippen LogP) is 2.49. The maximum Gasteiger partial charge on any atom is 0.329 e. The van der Waals surface area contributed by atoms with Crippen molar-refractivity contribution < 1.29 is 63.8 Å². The Bertz CT molecular complexity index is 2160. The number of aliphatic hydroxyl groups excluding tert-OH is 2. The monoisotopic (exact) mass is 727 g/mol. The second-order valence-corrected chi connectivity index (χ2v) is 13.5. The van der Waals surface area contributed by atoms with Crippen LogP contribution < -0.4 is 10.2 Å². The number of hydrogen-bond donors (Lipinski definition) is 6. The first-order chi connectivity index (χ1) is 25.4. The number of phenolic OH excluding ortho intramolecular Hbond substituents is 2. The van der Waals surface area contributed by atoms with Crippen LogP contribution in [-0.2, 0) is 36.7 Å². The van der Waals surface area contributed by atoms with E-state index < -0.39 is 102 Å². The molecule has 7 rings (SSSR count). The smallest absolute Gasteiger partial charge is 0.329 e. The van der Waals surface area contributed by atoms with Gasteiger partial charge in [-0.25, -0.2) is 0 Å². The van der Waals surface area contributed by atoms with Crippen molar-refractivity contribution in [2.75, 3.05) is 13.7 Å². The lowest BCUT2D eigenvalue weighted by Crippen LogP contribution is -2.55. The quantitative estimate of drug-likeness (QED) is 0.0950. The molecule has 0 radical (unpaired) electrons. The molecule has 53 heavy (non-hydrogen) atoms. The van der Waals surface area contributed by atoms with Crippen molar-refractivity contribution in [2.45, 2.75) is 68.9 Å². The summed E-state index contributed by atoms with van der Waals surface area (Å²) in [6.07, 6.45) is -6.18. The van der Waals surface area contributed by atoms with E-state index in [9.17, 15) is 44.7 Å². The second-order valence-electron chi connectivity index (χ2n) is 13.5. The number of hydrogen-bond acceptors (Lipinski definition) is 14. The number of phenols is 2. The zero-order valence-corrected chi connectivity index (χ0v) is 28.7. The highest BCUT2D eigenvalue weighted by Gasteiger charge is 2.50. The SMILES string of the molecule is COc1cccc2c1C(=O)c1c(O)c3c(c(O)c1C2=O)C[C@@](O)(C(=O)CO)C[C@@H]3OC1CC(NOC(=O)Cc2cccc3ccccc23)C(O)C(C)O1. The molecule has 1 heterocycles. The Hall–Kier alpha value is -5.22. The number of Topliss-reactive ketones (excluding diaryl/α,β-unsaturated/α-hetero) is 1. The van der Waals surface area contributed by atoms with Crippen LogP contribution in [0.3, 0.4) is 0 Å². The van der Waals surface area contributed by atoms with E-state index in [4.69, 9.17) is 19.0 Å². The highest BCUT2D eigenvalue weighted by atomic mass is 16.7. The van der Waals surface area contributed by atoms with Gasteiger partial charge in [-0.15, -0.1) is 5.48 Å². The molecule has 3 aliphatic rings. The molecule has 0 saturated carbocycles. The van der Waals surface area contributed by atoms with E-state index in [1.807, 2.05) is 42.5 Å². The van der Waals surface area contributed by atoms with Crippen molar-refractivity contribution in [1.82, 2.24) is 5.48 Å². The molecule has 0 spiro atoms. The minimum Gasteiger partial charge on any atom is -0.507 e. The molecule has 4 aromatic rings. The van der Waals surface area contributed by atoms with Gasteiger partial charge in [-0.1, -0.05) is 54.6 Å². The van der Waals surface area contributed by atoms with Gasteiger partial charge in [-0.2, -0.15) is 0 Å². The average Bonchev–Trinajstić information content (AvgIpc) is 3.15. The molecular formula is C39H37NO13. The maximum absolute atomic E-state index is 13.9. The van der Waals surface area contributed by atoms with Gasteiger partial charge in [0, 0.05) is 36.0 Å². The number of methoxy groups -OCH3 is 1. The number of ether oxygens (including phenoxy) is 3. The van der Waals surface area contributed by atoms with Crippen molar-refractivity contribution >= 4 is 34.1 Å². The highest BCUT2D eigenvalue weighted by molar-refractivity contribution is 6.31. The summed E-state index contributed by atoms with van der Waals surface area (Å²) in [7, 11) is 1.31. The number of ketones is 3. The summed E-state index contributed by atoms with van der Waals surface area (Å²) >= 11 is 0. The molecule has 0 bridgehead atoms. The molecule has 276 valence electrons. The van der Waals surface area contributed by atoms with Gasteiger partial charge in [0.2, 0.25) is 5.78 Å². The first-order valence-corrected chi connectivity index (χ1v) is 17.0. The second kappa shape index (κ2) is 14.0. The number of aromatic hydroxyl groups is 2. The van der Waals surface area contributed by atoms with E-state index in [2.05, 4.69) is 5.48 Å². The van der Waals surface area contributed by atoms with Crippen LogP contribution in [0.2, 0.25) is 0 Å². The molecule has 4 aromatic carbocycles. The lowest BCUT2D eigenvalue weighted by molar-refractivity contribution is -0.256. The maximum atomic E-state index is 13.9. The van der Waals surface area contributed by atoms with Crippen LogP contribution >= 0.6 is 0 Å². The normalized spacial score (nSPS) is 25.0. The lowest BCUT2D eigenvalue weighted by atomic mass is 9.72. The Morgan fingerprint density at radius 2 is 1.68 bits per heavy atom. The summed E-state index contributed by atoms with van der Waals surface area (Å²) < 4.78 is 17.5. The van der Waals surface area contributed by atoms with E-state index in [0.29, 0.717) is 0 Å². The molecule has 4 unspecified atom stereocenters. The van der Waals surface area contributed by atoms with Crippen molar-refractivity contribution in [3.8, 4) is 17.2 Å². The molecule has 0 aromatic heterocycles. The molecule has 14 heteroatoms. The first-order valence-electron chi connectivity index (χ1n) is 17.0. The fraction of sp³-hybridized carbons (Fsp3) is 0.333. The Morgan fingerprint density at radius 3 is 2.43 bits per heavy atom. The van der Waals surface area contributed by atoms with Crippen molar-refractivity contribution in [3.63, 3.8) is 0 Å². The minimum atomic E-state index is -2.33. The summed E-state index contributed by atoms with van der Waals surface area (Å²) in [5, 5.41) is 57.4. The molecule has 14 nitrogen and oxygen atoms in total. The number of nitrogens with one attached hydrogen (secondary N) is 1. The van der Waals surface area contributed by atoms with E-state index in [-0.39, 0.29) is 40.8 Å². The number of fused-ring (bicyclic) bond motifs is 4. The van der Waals surface area contributed by atoms with Crippen LogP contribution in [0.1, 0.15) is 74.4 Å². The summed E-state index contributed by atoms with van der Waals surface area (Å²) in [5.74, 6) is -4.65. The third-order valence-electron chi connectivity index (χ3n) is 10.3. The number of aliphatic hydroxyl groups is 3. The highest BCUT2D eigenvalue weighted by Crippen LogP contribution is 2.52. The van der Waals surface area contributed by atoms with Crippen molar-refractivity contribution in [2.24, 2.45) is 0 Å². The average molecular weight is 728 g/mol. The topological polar surface area (TPSA) is 218 Å². The summed E-state index contributed by atoms with van der Waals surface area (Å²) in [5.41, 5.74) is -0.631. The van der Waals surface area contributed by atoms with Crippen LogP contribution in [0.4, 0.5) is 0 Å².